The monoisotopic (exact) mass is 449 g/mol. The lowest BCUT2D eigenvalue weighted by Crippen LogP contribution is -2.43. The van der Waals surface area contributed by atoms with Crippen LogP contribution in [0.4, 0.5) is 5.82 Å². The fraction of sp³-hybridized carbons (Fsp3) is 0.520. The number of nitrogens with two attached hydrogens (primary N) is 2. The Kier molecular flexibility index (Phi) is 5.65. The summed E-state index contributed by atoms with van der Waals surface area (Å²) in [6, 6.07) is 7.82. The third-order valence-corrected chi connectivity index (χ3v) is 7.22. The van der Waals surface area contributed by atoms with E-state index in [-0.39, 0.29) is 17.0 Å². The average Bonchev–Trinajstić information content (AvgIpc) is 3.38. The summed E-state index contributed by atoms with van der Waals surface area (Å²) in [5.74, 6) is 6.40. The van der Waals surface area contributed by atoms with Gasteiger partial charge in [0.15, 0.2) is 6.23 Å². The SMILES string of the molecule is COCc1ccc(-c2nn(C3CC4(CCN(C(O)C#CC5CC5)C4)C3)c(N)c2C(N)=O)cc1. The third-order valence-electron chi connectivity index (χ3n) is 7.22. The van der Waals surface area contributed by atoms with Crippen LogP contribution in [0, 0.1) is 23.2 Å². The topological polar surface area (TPSA) is 120 Å². The number of carbonyl (C=O) groups excluding carboxylic acids is 1. The summed E-state index contributed by atoms with van der Waals surface area (Å²) in [6.07, 6.45) is 4.45. The highest BCUT2D eigenvalue weighted by molar-refractivity contribution is 6.03. The van der Waals surface area contributed by atoms with Crippen molar-refractivity contribution in [2.45, 2.75) is 51.0 Å². The average molecular weight is 450 g/mol. The summed E-state index contributed by atoms with van der Waals surface area (Å²) in [4.78, 5) is 14.3. The van der Waals surface area contributed by atoms with Crippen molar-refractivity contribution in [1.82, 2.24) is 14.7 Å². The standard InChI is InChI=1S/C25H31N5O3/c1-33-14-17-4-7-18(8-5-17)22-21(24(27)32)23(26)30(28-22)19-12-25(13-19)10-11-29(15-25)20(31)9-6-16-2-3-16/h4-5,7-8,16,19-20,31H,2-3,10-15,26H2,1H3,(H2,27,32). The van der Waals surface area contributed by atoms with Crippen molar-refractivity contribution in [3.63, 3.8) is 0 Å². The van der Waals surface area contributed by atoms with Gasteiger partial charge >= 0.3 is 0 Å². The van der Waals surface area contributed by atoms with Gasteiger partial charge in [-0.3, -0.25) is 9.69 Å². The number of nitrogens with zero attached hydrogens (tertiary/aromatic N) is 3. The number of methoxy groups -OCH3 is 1. The summed E-state index contributed by atoms with van der Waals surface area (Å²) in [6.45, 7) is 2.18. The van der Waals surface area contributed by atoms with Gasteiger partial charge in [0.1, 0.15) is 17.1 Å². The van der Waals surface area contributed by atoms with Crippen molar-refractivity contribution in [3.8, 4) is 23.1 Å². The molecule has 1 atom stereocenters. The van der Waals surface area contributed by atoms with Crippen LogP contribution in [-0.2, 0) is 11.3 Å². The normalized spacial score (nSPS) is 25.5. The summed E-state index contributed by atoms with van der Waals surface area (Å²) in [7, 11) is 1.65. The van der Waals surface area contributed by atoms with Gasteiger partial charge in [-0.15, -0.1) is 0 Å². The fourth-order valence-electron chi connectivity index (χ4n) is 5.23. The zero-order valence-corrected chi connectivity index (χ0v) is 19.0. The van der Waals surface area contributed by atoms with Gasteiger partial charge in [-0.2, -0.15) is 5.10 Å². The van der Waals surface area contributed by atoms with Gasteiger partial charge in [0.2, 0.25) is 0 Å². The Morgan fingerprint density at radius 1 is 1.33 bits per heavy atom. The van der Waals surface area contributed by atoms with E-state index in [0.717, 1.165) is 56.3 Å². The van der Waals surface area contributed by atoms with E-state index in [0.29, 0.717) is 24.0 Å². The number of likely N-dealkylation sites (tertiary alicyclic amines) is 1. The molecular weight excluding hydrogens is 418 g/mol. The van der Waals surface area contributed by atoms with Crippen LogP contribution in [0.15, 0.2) is 24.3 Å². The number of primary amides is 1. The van der Waals surface area contributed by atoms with Crippen LogP contribution < -0.4 is 11.5 Å². The summed E-state index contributed by atoms with van der Waals surface area (Å²) >= 11 is 0. The maximum atomic E-state index is 12.2. The van der Waals surface area contributed by atoms with Crippen LogP contribution in [0.3, 0.4) is 0 Å². The molecule has 1 aromatic heterocycles. The summed E-state index contributed by atoms with van der Waals surface area (Å²) < 4.78 is 6.94. The Labute approximate surface area is 193 Å². The Balaban J connectivity index is 1.31. The summed E-state index contributed by atoms with van der Waals surface area (Å²) in [5, 5.41) is 15.2. The molecule has 8 heteroatoms. The van der Waals surface area contributed by atoms with E-state index in [4.69, 9.17) is 21.3 Å². The van der Waals surface area contributed by atoms with Crippen molar-refractivity contribution in [1.29, 1.82) is 0 Å². The van der Waals surface area contributed by atoms with Crippen molar-refractivity contribution in [2.24, 2.45) is 17.1 Å². The van der Waals surface area contributed by atoms with E-state index in [9.17, 15) is 9.90 Å². The van der Waals surface area contributed by atoms with Crippen LogP contribution in [0.1, 0.15) is 54.1 Å². The van der Waals surface area contributed by atoms with E-state index in [1.165, 1.54) is 0 Å². The molecule has 2 saturated carbocycles. The van der Waals surface area contributed by atoms with Crippen LogP contribution in [0.5, 0.6) is 0 Å². The number of aliphatic hydroxyl groups excluding tert-OH is 1. The zero-order chi connectivity index (χ0) is 23.2. The van der Waals surface area contributed by atoms with E-state index < -0.39 is 12.1 Å². The van der Waals surface area contributed by atoms with Crippen LogP contribution in [0.2, 0.25) is 0 Å². The predicted molar refractivity (Wildman–Crippen MR) is 125 cm³/mol. The molecule has 3 fully saturated rings. The molecule has 0 radical (unpaired) electrons. The molecule has 3 aliphatic rings. The first kappa shape index (κ1) is 22.0. The molecule has 5 rings (SSSR count). The van der Waals surface area contributed by atoms with E-state index in [1.54, 1.807) is 11.8 Å². The highest BCUT2D eigenvalue weighted by Gasteiger charge is 2.51. The van der Waals surface area contributed by atoms with Gasteiger partial charge in [-0.05, 0) is 43.1 Å². The molecule has 1 aromatic carbocycles. The number of ether oxygens (including phenoxy) is 1. The molecule has 1 amide bonds. The number of hydrogen-bond acceptors (Lipinski definition) is 6. The molecule has 0 bridgehead atoms. The van der Waals surface area contributed by atoms with E-state index >= 15 is 0 Å². The minimum Gasteiger partial charge on any atom is -0.383 e. The largest absolute Gasteiger partial charge is 0.383 e. The molecule has 2 heterocycles. The predicted octanol–water partition coefficient (Wildman–Crippen LogP) is 2.14. The maximum Gasteiger partial charge on any atom is 0.254 e. The van der Waals surface area contributed by atoms with Gasteiger partial charge in [0.25, 0.3) is 5.91 Å². The Morgan fingerprint density at radius 2 is 2.06 bits per heavy atom. The smallest absolute Gasteiger partial charge is 0.254 e. The molecule has 174 valence electrons. The first-order valence-electron chi connectivity index (χ1n) is 11.6. The minimum atomic E-state index is -0.687. The van der Waals surface area contributed by atoms with Crippen molar-refractivity contribution >= 4 is 11.7 Å². The number of hydrogen-bond donors (Lipinski definition) is 3. The lowest BCUT2D eigenvalue weighted by atomic mass is 9.65. The number of anilines is 1. The second-order valence-electron chi connectivity index (χ2n) is 9.77. The van der Waals surface area contributed by atoms with E-state index in [2.05, 4.69) is 16.7 Å². The molecule has 1 spiro atoms. The van der Waals surface area contributed by atoms with Gasteiger partial charge in [0.05, 0.1) is 12.6 Å². The lowest BCUT2D eigenvalue weighted by Gasteiger charge is -2.45. The minimum absolute atomic E-state index is 0.110. The second-order valence-corrected chi connectivity index (χ2v) is 9.77. The highest BCUT2D eigenvalue weighted by Crippen LogP contribution is 2.55. The van der Waals surface area contributed by atoms with E-state index in [1.807, 2.05) is 24.3 Å². The molecule has 1 unspecified atom stereocenters. The Morgan fingerprint density at radius 3 is 2.70 bits per heavy atom. The zero-order valence-electron chi connectivity index (χ0n) is 19.0. The number of amides is 1. The van der Waals surface area contributed by atoms with Crippen LogP contribution >= 0.6 is 0 Å². The molecule has 2 aromatic rings. The van der Waals surface area contributed by atoms with Crippen molar-refractivity contribution in [3.05, 3.63) is 35.4 Å². The number of benzene rings is 1. The lowest BCUT2D eigenvalue weighted by molar-refractivity contribution is 0.0232. The molecular formula is C25H31N5O3. The molecule has 8 nitrogen and oxygen atoms in total. The van der Waals surface area contributed by atoms with Crippen molar-refractivity contribution in [2.75, 3.05) is 25.9 Å². The van der Waals surface area contributed by atoms with Crippen LogP contribution in [0.25, 0.3) is 11.3 Å². The second kappa shape index (κ2) is 8.49. The maximum absolute atomic E-state index is 12.2. The molecule has 1 saturated heterocycles. The molecule has 1 aliphatic heterocycles. The molecule has 5 N–H and O–H groups in total. The Hall–Kier alpha value is -2.86. The number of rotatable bonds is 6. The van der Waals surface area contributed by atoms with Gasteiger partial charge in [-0.25, -0.2) is 4.68 Å². The molecule has 33 heavy (non-hydrogen) atoms. The quantitative estimate of drug-likeness (QED) is 0.581. The first-order valence-corrected chi connectivity index (χ1v) is 11.6. The fourth-order valence-corrected chi connectivity index (χ4v) is 5.23. The first-order chi connectivity index (χ1) is 15.9. The van der Waals surface area contributed by atoms with Gasteiger partial charge in [-0.1, -0.05) is 36.1 Å². The number of carbonyl (C=O) groups is 1. The third kappa shape index (κ3) is 4.24. The highest BCUT2D eigenvalue weighted by atomic mass is 16.5. The Bertz CT molecular complexity index is 1100. The molecule has 2 aliphatic carbocycles. The van der Waals surface area contributed by atoms with Crippen molar-refractivity contribution < 1.29 is 14.6 Å². The summed E-state index contributed by atoms with van der Waals surface area (Å²) in [5.41, 5.74) is 14.8. The van der Waals surface area contributed by atoms with Gasteiger partial charge in [0, 0.05) is 31.7 Å². The van der Waals surface area contributed by atoms with Gasteiger partial charge < -0.3 is 21.3 Å². The van der Waals surface area contributed by atoms with Crippen LogP contribution in [-0.4, -0.2) is 52.1 Å². The number of aliphatic hydroxyl groups is 1. The number of aromatic nitrogens is 2. The number of nitrogen functional groups attached to an aromatic ring is 1.